The Bertz CT molecular complexity index is 468. The Morgan fingerprint density at radius 3 is 1.40 bits per heavy atom. The molecule has 2 aliphatic rings. The van der Waals surface area contributed by atoms with Crippen molar-refractivity contribution < 1.29 is 0 Å². The van der Waals surface area contributed by atoms with Crippen molar-refractivity contribution in [3.63, 3.8) is 0 Å². The van der Waals surface area contributed by atoms with E-state index >= 15 is 0 Å². The van der Waals surface area contributed by atoms with Crippen LogP contribution in [0.5, 0.6) is 0 Å². The van der Waals surface area contributed by atoms with E-state index in [0.29, 0.717) is 0 Å². The number of benzene rings is 1. The summed E-state index contributed by atoms with van der Waals surface area (Å²) in [6.45, 7) is 11.7. The van der Waals surface area contributed by atoms with Crippen LogP contribution in [0.4, 0.5) is 0 Å². The summed E-state index contributed by atoms with van der Waals surface area (Å²) < 4.78 is 0. The molecular weight excluding hydrogens is 462 g/mol. The van der Waals surface area contributed by atoms with Gasteiger partial charge in [-0.1, -0.05) is 37.1 Å². The lowest BCUT2D eigenvalue weighted by molar-refractivity contribution is 0.229. The molecule has 0 aliphatic carbocycles. The molecule has 0 aromatic heterocycles. The fourth-order valence-corrected chi connectivity index (χ4v) is 4.16. The Morgan fingerprint density at radius 2 is 1.00 bits per heavy atom. The van der Waals surface area contributed by atoms with E-state index in [9.17, 15) is 0 Å². The van der Waals surface area contributed by atoms with E-state index in [2.05, 4.69) is 44.7 Å². The molecule has 30 heavy (non-hydrogen) atoms. The fraction of sp³-hybridized carbons (Fsp3) is 0.727. The molecule has 0 amide bonds. The number of likely N-dealkylation sites (tertiary alicyclic amines) is 2. The zero-order valence-corrected chi connectivity index (χ0v) is 21.4. The van der Waals surface area contributed by atoms with Crippen LogP contribution < -0.4 is 10.6 Å². The van der Waals surface area contributed by atoms with Crippen LogP contribution in [0.2, 0.25) is 0 Å². The molecule has 2 heterocycles. The van der Waals surface area contributed by atoms with Gasteiger partial charge < -0.3 is 20.4 Å². The van der Waals surface area contributed by atoms with Gasteiger partial charge in [-0.15, -0.1) is 49.6 Å². The van der Waals surface area contributed by atoms with E-state index < -0.39 is 0 Å². The molecule has 8 heteroatoms. The molecule has 178 valence electrons. The van der Waals surface area contributed by atoms with E-state index in [1.165, 1.54) is 88.9 Å². The first kappa shape index (κ1) is 32.4. The first-order valence-corrected chi connectivity index (χ1v) is 10.8. The molecule has 2 saturated heterocycles. The molecule has 0 atom stereocenters. The lowest BCUT2D eigenvalue weighted by Crippen LogP contribution is -2.35. The molecule has 3 rings (SSSR count). The van der Waals surface area contributed by atoms with Crippen LogP contribution in [0.1, 0.15) is 49.7 Å². The predicted molar refractivity (Wildman–Crippen MR) is 139 cm³/mol. The molecule has 0 bridgehead atoms. The number of hydrogen-bond acceptors (Lipinski definition) is 4. The molecule has 2 aliphatic heterocycles. The molecule has 0 spiro atoms. The van der Waals surface area contributed by atoms with Crippen molar-refractivity contribution in [3.8, 4) is 0 Å². The van der Waals surface area contributed by atoms with Crippen LogP contribution in [0.3, 0.4) is 0 Å². The number of nitrogens with zero attached hydrogens (tertiary/aromatic N) is 2. The van der Waals surface area contributed by atoms with Crippen LogP contribution in [0.25, 0.3) is 0 Å². The molecule has 2 fully saturated rings. The molecule has 0 saturated carbocycles. The SMILES string of the molecule is Cl.Cl.Cl.Cl.c1cc(CNCCN2CCCCC2)cc(CNCCN2CCCCC2)c1. The summed E-state index contributed by atoms with van der Waals surface area (Å²) in [5.41, 5.74) is 2.80. The molecule has 4 nitrogen and oxygen atoms in total. The normalized spacial score (nSPS) is 17.1. The first-order valence-electron chi connectivity index (χ1n) is 10.8. The van der Waals surface area contributed by atoms with Gasteiger partial charge in [0.25, 0.3) is 0 Å². The summed E-state index contributed by atoms with van der Waals surface area (Å²) in [7, 11) is 0. The highest BCUT2D eigenvalue weighted by Crippen LogP contribution is 2.09. The van der Waals surface area contributed by atoms with Crippen molar-refractivity contribution in [2.75, 3.05) is 52.4 Å². The number of nitrogens with one attached hydrogen (secondary N) is 2. The Balaban J connectivity index is 0. The largest absolute Gasteiger partial charge is 0.311 e. The topological polar surface area (TPSA) is 30.5 Å². The minimum atomic E-state index is 0. The minimum Gasteiger partial charge on any atom is -0.311 e. The molecule has 0 radical (unpaired) electrons. The highest BCUT2D eigenvalue weighted by atomic mass is 35.5. The highest BCUT2D eigenvalue weighted by molar-refractivity contribution is 5.86. The maximum atomic E-state index is 3.62. The Labute approximate surface area is 208 Å². The second kappa shape index (κ2) is 19.9. The third-order valence-electron chi connectivity index (χ3n) is 5.76. The van der Waals surface area contributed by atoms with E-state index in [1.807, 2.05) is 0 Å². The van der Waals surface area contributed by atoms with Gasteiger partial charge in [0.05, 0.1) is 0 Å². The van der Waals surface area contributed by atoms with Gasteiger partial charge in [-0.05, 0) is 63.0 Å². The van der Waals surface area contributed by atoms with Gasteiger partial charge >= 0.3 is 0 Å². The summed E-state index contributed by atoms with van der Waals surface area (Å²) in [6, 6.07) is 9.03. The van der Waals surface area contributed by atoms with Gasteiger partial charge in [0, 0.05) is 39.3 Å². The highest BCUT2D eigenvalue weighted by Gasteiger charge is 2.09. The number of rotatable bonds is 10. The van der Waals surface area contributed by atoms with Crippen molar-refractivity contribution in [2.24, 2.45) is 0 Å². The van der Waals surface area contributed by atoms with Crippen molar-refractivity contribution >= 4 is 49.6 Å². The summed E-state index contributed by atoms with van der Waals surface area (Å²) >= 11 is 0. The Morgan fingerprint density at radius 1 is 0.600 bits per heavy atom. The van der Waals surface area contributed by atoms with E-state index in [1.54, 1.807) is 0 Å². The zero-order chi connectivity index (χ0) is 17.9. The fourth-order valence-electron chi connectivity index (χ4n) is 4.16. The number of piperidine rings is 2. The van der Waals surface area contributed by atoms with Gasteiger partial charge in [-0.3, -0.25) is 0 Å². The van der Waals surface area contributed by atoms with Crippen LogP contribution in [-0.4, -0.2) is 62.2 Å². The number of halogens is 4. The van der Waals surface area contributed by atoms with Gasteiger partial charge in [0.15, 0.2) is 0 Å². The standard InChI is InChI=1S/C22H38N4.4ClH/c1-3-12-25(13-4-1)16-10-23-19-21-8-7-9-22(18-21)20-24-11-17-26-14-5-2-6-15-26;;;;/h7-9,18,23-24H,1-6,10-17,19-20H2;4*1H. The molecule has 1 aromatic carbocycles. The summed E-state index contributed by atoms with van der Waals surface area (Å²) in [6.07, 6.45) is 8.37. The van der Waals surface area contributed by atoms with Crippen LogP contribution in [0.15, 0.2) is 24.3 Å². The van der Waals surface area contributed by atoms with E-state index in [-0.39, 0.29) is 49.6 Å². The van der Waals surface area contributed by atoms with Crippen LogP contribution in [0, 0.1) is 0 Å². The van der Waals surface area contributed by atoms with Gasteiger partial charge in [-0.2, -0.15) is 0 Å². The Kier molecular flexibility index (Phi) is 21.5. The third kappa shape index (κ3) is 12.9. The average molecular weight is 504 g/mol. The maximum Gasteiger partial charge on any atom is 0.0206 e. The lowest BCUT2D eigenvalue weighted by Gasteiger charge is -2.26. The van der Waals surface area contributed by atoms with Crippen molar-refractivity contribution in [1.29, 1.82) is 0 Å². The average Bonchev–Trinajstić information content (AvgIpc) is 2.71. The van der Waals surface area contributed by atoms with E-state index in [4.69, 9.17) is 0 Å². The van der Waals surface area contributed by atoms with E-state index in [0.717, 1.165) is 26.2 Å². The van der Waals surface area contributed by atoms with Crippen LogP contribution in [-0.2, 0) is 13.1 Å². The smallest absolute Gasteiger partial charge is 0.0206 e. The Hall–Kier alpha value is 0.220. The number of hydrogen-bond donors (Lipinski definition) is 2. The molecule has 0 unspecified atom stereocenters. The van der Waals surface area contributed by atoms with Crippen molar-refractivity contribution in [3.05, 3.63) is 35.4 Å². The maximum absolute atomic E-state index is 3.62. The molecule has 2 N–H and O–H groups in total. The lowest BCUT2D eigenvalue weighted by atomic mass is 10.1. The second-order valence-corrected chi connectivity index (χ2v) is 7.98. The second-order valence-electron chi connectivity index (χ2n) is 7.98. The molecule has 1 aromatic rings. The zero-order valence-electron chi connectivity index (χ0n) is 18.2. The van der Waals surface area contributed by atoms with Crippen molar-refractivity contribution in [2.45, 2.75) is 51.6 Å². The molecular formula is C22H42Cl4N4. The summed E-state index contributed by atoms with van der Waals surface area (Å²) in [4.78, 5) is 5.19. The quantitative estimate of drug-likeness (QED) is 0.459. The van der Waals surface area contributed by atoms with Gasteiger partial charge in [0.2, 0.25) is 0 Å². The van der Waals surface area contributed by atoms with Gasteiger partial charge in [0.1, 0.15) is 0 Å². The summed E-state index contributed by atoms with van der Waals surface area (Å²) in [5.74, 6) is 0. The monoisotopic (exact) mass is 502 g/mol. The first-order chi connectivity index (χ1) is 12.9. The van der Waals surface area contributed by atoms with Gasteiger partial charge in [-0.25, -0.2) is 0 Å². The third-order valence-corrected chi connectivity index (χ3v) is 5.76. The summed E-state index contributed by atoms with van der Waals surface area (Å²) in [5, 5.41) is 7.24. The minimum absolute atomic E-state index is 0. The van der Waals surface area contributed by atoms with Crippen molar-refractivity contribution in [1.82, 2.24) is 20.4 Å². The predicted octanol–water partition coefficient (Wildman–Crippen LogP) is 4.52. The van der Waals surface area contributed by atoms with Crippen LogP contribution >= 0.6 is 49.6 Å².